The summed E-state index contributed by atoms with van der Waals surface area (Å²) in [7, 11) is -3.95. The van der Waals surface area contributed by atoms with Crippen molar-refractivity contribution in [2.24, 2.45) is 0 Å². The van der Waals surface area contributed by atoms with Crippen LogP contribution in [0.15, 0.2) is 59.8 Å². The van der Waals surface area contributed by atoms with Crippen molar-refractivity contribution in [3.05, 3.63) is 60.4 Å². The zero-order chi connectivity index (χ0) is 20.6. The number of ether oxygens (including phenoxy) is 1. The minimum Gasteiger partial charge on any atom is -0.406 e. The number of alkyl halides is 3. The molecule has 4 rings (SSSR count). The molecule has 1 N–H and O–H groups in total. The topological polar surface area (TPSA) is 75.3 Å². The summed E-state index contributed by atoms with van der Waals surface area (Å²) in [5, 5.41) is 0.951. The lowest BCUT2D eigenvalue weighted by Gasteiger charge is -2.26. The number of hydrogen-bond acceptors (Lipinski definition) is 4. The molecule has 2 aromatic heterocycles. The van der Waals surface area contributed by atoms with E-state index < -0.39 is 22.1 Å². The molecule has 0 saturated heterocycles. The Labute approximate surface area is 164 Å². The summed E-state index contributed by atoms with van der Waals surface area (Å²) in [5.41, 5.74) is 2.70. The van der Waals surface area contributed by atoms with Crippen molar-refractivity contribution in [3.63, 3.8) is 0 Å². The molecule has 10 heteroatoms. The molecule has 0 bridgehead atoms. The monoisotopic (exact) mass is 423 g/mol. The van der Waals surface area contributed by atoms with Gasteiger partial charge in [0.15, 0.2) is 0 Å². The summed E-state index contributed by atoms with van der Waals surface area (Å²) in [5.74, 6) is -0.571. The molecule has 0 spiro atoms. The van der Waals surface area contributed by atoms with Crippen molar-refractivity contribution in [3.8, 4) is 5.75 Å². The third-order valence-electron chi connectivity index (χ3n) is 4.65. The number of aromatic nitrogens is 2. The maximum atomic E-state index is 12.9. The van der Waals surface area contributed by atoms with E-state index in [1.807, 2.05) is 24.4 Å². The molecule has 3 heterocycles. The van der Waals surface area contributed by atoms with Gasteiger partial charge in [-0.3, -0.25) is 0 Å². The lowest BCUT2D eigenvalue weighted by atomic mass is 10.0. The van der Waals surface area contributed by atoms with E-state index in [4.69, 9.17) is 0 Å². The summed E-state index contributed by atoms with van der Waals surface area (Å²) in [4.78, 5) is 7.09. The number of sulfonamides is 1. The summed E-state index contributed by atoms with van der Waals surface area (Å²) >= 11 is 0. The Morgan fingerprint density at radius 1 is 1.17 bits per heavy atom. The van der Waals surface area contributed by atoms with Gasteiger partial charge in [-0.15, -0.1) is 13.2 Å². The maximum absolute atomic E-state index is 12.9. The first-order valence-corrected chi connectivity index (χ1v) is 10.2. The smallest absolute Gasteiger partial charge is 0.406 e. The lowest BCUT2D eigenvalue weighted by Crippen LogP contribution is -2.34. The summed E-state index contributed by atoms with van der Waals surface area (Å²) in [6, 6.07) is 8.18. The number of benzene rings is 1. The SMILES string of the molecule is O=S(=O)(c1cccc(OC(F)(F)F)c1)N1CC=C(c2c[nH]c3ncccc23)CC1. The second-order valence-corrected chi connectivity index (χ2v) is 8.40. The van der Waals surface area contributed by atoms with Crippen molar-refractivity contribution >= 4 is 26.6 Å². The van der Waals surface area contributed by atoms with Crippen LogP contribution in [0, 0.1) is 0 Å². The Hall–Kier alpha value is -2.85. The Balaban J connectivity index is 1.57. The van der Waals surface area contributed by atoms with Crippen LogP contribution in [-0.2, 0) is 10.0 Å². The summed E-state index contributed by atoms with van der Waals surface area (Å²) in [6.07, 6.45) is 0.917. The summed E-state index contributed by atoms with van der Waals surface area (Å²) < 4.78 is 68.0. The molecule has 0 saturated carbocycles. The molecule has 0 unspecified atom stereocenters. The number of nitrogens with one attached hydrogen (secondary N) is 1. The predicted octanol–water partition coefficient (Wildman–Crippen LogP) is 3.94. The van der Waals surface area contributed by atoms with Gasteiger partial charge in [0.2, 0.25) is 10.0 Å². The molecule has 0 radical (unpaired) electrons. The van der Waals surface area contributed by atoms with E-state index in [0.717, 1.165) is 34.3 Å². The first-order chi connectivity index (χ1) is 13.7. The number of aromatic amines is 1. The van der Waals surface area contributed by atoms with Crippen LogP contribution in [0.1, 0.15) is 12.0 Å². The van der Waals surface area contributed by atoms with Crippen LogP contribution in [0.3, 0.4) is 0 Å². The van der Waals surface area contributed by atoms with Crippen LogP contribution in [0.4, 0.5) is 13.2 Å². The highest BCUT2D eigenvalue weighted by Crippen LogP contribution is 2.31. The van der Waals surface area contributed by atoms with Crippen molar-refractivity contribution in [2.45, 2.75) is 17.7 Å². The molecular weight excluding hydrogens is 407 g/mol. The van der Waals surface area contributed by atoms with Crippen LogP contribution >= 0.6 is 0 Å². The Morgan fingerprint density at radius 2 is 2.00 bits per heavy atom. The Kier molecular flexibility index (Phi) is 4.83. The van der Waals surface area contributed by atoms with E-state index in [0.29, 0.717) is 6.42 Å². The van der Waals surface area contributed by atoms with Crippen LogP contribution in [0.5, 0.6) is 5.75 Å². The first-order valence-electron chi connectivity index (χ1n) is 8.71. The van der Waals surface area contributed by atoms with Crippen LogP contribution in [-0.4, -0.2) is 42.1 Å². The van der Waals surface area contributed by atoms with Gasteiger partial charge in [-0.05, 0) is 36.3 Å². The standard InChI is InChI=1S/C19H16F3N3O3S/c20-19(21,22)28-14-3-1-4-15(11-14)29(26,27)25-9-6-13(7-10-25)17-12-24-18-16(17)5-2-8-23-18/h1-6,8,11-12H,7,9-10H2,(H,23,24). The normalized spacial score (nSPS) is 16.0. The fourth-order valence-corrected chi connectivity index (χ4v) is 4.73. The molecule has 1 aliphatic rings. The highest BCUT2D eigenvalue weighted by atomic mass is 32.2. The molecular formula is C19H16F3N3O3S. The number of pyridine rings is 1. The number of fused-ring (bicyclic) bond motifs is 1. The molecule has 3 aromatic rings. The van der Waals surface area contributed by atoms with E-state index in [2.05, 4.69) is 14.7 Å². The quantitative estimate of drug-likeness (QED) is 0.690. The number of nitrogens with zero attached hydrogens (tertiary/aromatic N) is 2. The van der Waals surface area contributed by atoms with Crippen molar-refractivity contribution in [1.29, 1.82) is 0 Å². The summed E-state index contributed by atoms with van der Waals surface area (Å²) in [6.45, 7) is 0.334. The maximum Gasteiger partial charge on any atom is 0.573 e. The highest BCUT2D eigenvalue weighted by molar-refractivity contribution is 7.89. The molecule has 0 amide bonds. The lowest BCUT2D eigenvalue weighted by molar-refractivity contribution is -0.274. The second-order valence-electron chi connectivity index (χ2n) is 6.47. The molecule has 6 nitrogen and oxygen atoms in total. The van der Waals surface area contributed by atoms with Crippen molar-refractivity contribution in [1.82, 2.24) is 14.3 Å². The highest BCUT2D eigenvalue weighted by Gasteiger charge is 2.32. The van der Waals surface area contributed by atoms with Gasteiger partial charge >= 0.3 is 6.36 Å². The second kappa shape index (κ2) is 7.20. The molecule has 29 heavy (non-hydrogen) atoms. The average molecular weight is 423 g/mol. The van der Waals surface area contributed by atoms with E-state index in [1.165, 1.54) is 16.4 Å². The third kappa shape index (κ3) is 3.99. The third-order valence-corrected chi connectivity index (χ3v) is 6.51. The molecule has 1 aromatic carbocycles. The van der Waals surface area contributed by atoms with E-state index in [1.54, 1.807) is 6.20 Å². The van der Waals surface area contributed by atoms with Gasteiger partial charge in [0.1, 0.15) is 11.4 Å². The van der Waals surface area contributed by atoms with Gasteiger partial charge in [0.05, 0.1) is 4.90 Å². The van der Waals surface area contributed by atoms with Gasteiger partial charge in [0.25, 0.3) is 0 Å². The Bertz CT molecular complexity index is 1190. The van der Waals surface area contributed by atoms with Crippen LogP contribution in [0.2, 0.25) is 0 Å². The number of rotatable bonds is 4. The van der Waals surface area contributed by atoms with E-state index >= 15 is 0 Å². The van der Waals surface area contributed by atoms with Gasteiger partial charge in [-0.1, -0.05) is 12.1 Å². The first kappa shape index (κ1) is 19.5. The molecule has 0 atom stereocenters. The Morgan fingerprint density at radius 3 is 2.72 bits per heavy atom. The molecule has 152 valence electrons. The van der Waals surface area contributed by atoms with Crippen molar-refractivity contribution < 1.29 is 26.3 Å². The van der Waals surface area contributed by atoms with E-state index in [9.17, 15) is 21.6 Å². The molecule has 0 fully saturated rings. The number of hydrogen-bond donors (Lipinski definition) is 1. The zero-order valence-corrected chi connectivity index (χ0v) is 15.8. The zero-order valence-electron chi connectivity index (χ0n) is 15.0. The average Bonchev–Trinajstić information content (AvgIpc) is 3.11. The van der Waals surface area contributed by atoms with Crippen LogP contribution in [0.25, 0.3) is 16.6 Å². The number of halogens is 3. The molecule has 1 aliphatic heterocycles. The van der Waals surface area contributed by atoms with Gasteiger partial charge in [-0.2, -0.15) is 4.31 Å². The van der Waals surface area contributed by atoms with E-state index in [-0.39, 0.29) is 18.0 Å². The fourth-order valence-electron chi connectivity index (χ4n) is 3.32. The number of H-pyrrole nitrogens is 1. The minimum absolute atomic E-state index is 0.120. The van der Waals surface area contributed by atoms with Gasteiger partial charge in [-0.25, -0.2) is 13.4 Å². The van der Waals surface area contributed by atoms with Crippen molar-refractivity contribution in [2.75, 3.05) is 13.1 Å². The van der Waals surface area contributed by atoms with Crippen LogP contribution < -0.4 is 4.74 Å². The van der Waals surface area contributed by atoms with Gasteiger partial charge < -0.3 is 9.72 Å². The fraction of sp³-hybridized carbons (Fsp3) is 0.211. The largest absolute Gasteiger partial charge is 0.573 e. The molecule has 0 aliphatic carbocycles. The predicted molar refractivity (Wildman–Crippen MR) is 101 cm³/mol. The van der Waals surface area contributed by atoms with Gasteiger partial charge in [0, 0.05) is 42.5 Å². The minimum atomic E-state index is -4.89.